The van der Waals surface area contributed by atoms with Gasteiger partial charge >= 0.3 is 12.0 Å². The molecule has 0 spiro atoms. The Hall–Kier alpha value is -1.30. The topological polar surface area (TPSA) is 89.9 Å². The number of unbranched alkanes of at least 4 members (excludes halogenated alkanes) is 3. The number of aliphatic hydroxyl groups is 1. The van der Waals surface area contributed by atoms with Crippen molar-refractivity contribution in [2.75, 3.05) is 13.1 Å². The van der Waals surface area contributed by atoms with Crippen molar-refractivity contribution in [1.82, 2.24) is 10.2 Å². The molecule has 0 aromatic rings. The number of urea groups is 1. The fourth-order valence-electron chi connectivity index (χ4n) is 2.60. The Bertz CT molecular complexity index is 347. The van der Waals surface area contributed by atoms with Gasteiger partial charge in [-0.25, -0.2) is 9.59 Å². The number of hydrogen-bond donors (Lipinski definition) is 3. The molecular weight excluding hydrogens is 272 g/mol. The number of β-amino-alcohol motifs (C(OH)–C–C–N with tert-alkyl or cyclic N) is 1. The number of carbonyl (C=O) groups is 2. The van der Waals surface area contributed by atoms with E-state index in [2.05, 4.69) is 19.2 Å². The molecule has 0 radical (unpaired) electrons. The van der Waals surface area contributed by atoms with Gasteiger partial charge in [0.2, 0.25) is 0 Å². The summed E-state index contributed by atoms with van der Waals surface area (Å²) in [6.45, 7) is 5.07. The molecule has 2 atom stereocenters. The summed E-state index contributed by atoms with van der Waals surface area (Å²) in [7, 11) is 0. The van der Waals surface area contributed by atoms with Crippen LogP contribution in [0.25, 0.3) is 0 Å². The molecule has 2 amide bonds. The standard InChI is InChI=1S/C15H28N2O4/c1-11(2)7-5-3-4-6-8-16-15(21)17-10-12(18)9-13(17)14(19)20/h11-13,18H,3-10H2,1-2H3,(H,16,21)(H,19,20)/t12?,13-/m0/s1. The van der Waals surface area contributed by atoms with Crippen molar-refractivity contribution in [2.45, 2.75) is 64.5 Å². The first-order valence-corrected chi connectivity index (χ1v) is 7.87. The molecule has 0 bridgehead atoms. The zero-order valence-electron chi connectivity index (χ0n) is 13.0. The van der Waals surface area contributed by atoms with Crippen LogP contribution in [0.3, 0.4) is 0 Å². The third-order valence-electron chi connectivity index (χ3n) is 3.81. The monoisotopic (exact) mass is 300 g/mol. The molecule has 0 saturated carbocycles. The summed E-state index contributed by atoms with van der Waals surface area (Å²) in [4.78, 5) is 24.2. The van der Waals surface area contributed by atoms with E-state index in [1.54, 1.807) is 0 Å². The number of amides is 2. The lowest BCUT2D eigenvalue weighted by Gasteiger charge is -2.21. The number of carboxylic acids is 1. The van der Waals surface area contributed by atoms with E-state index in [0.29, 0.717) is 6.54 Å². The van der Waals surface area contributed by atoms with Crippen molar-refractivity contribution in [3.05, 3.63) is 0 Å². The summed E-state index contributed by atoms with van der Waals surface area (Å²) in [5.41, 5.74) is 0. The van der Waals surface area contributed by atoms with Gasteiger partial charge in [-0.3, -0.25) is 0 Å². The van der Waals surface area contributed by atoms with Crippen molar-refractivity contribution in [3.8, 4) is 0 Å². The minimum absolute atomic E-state index is 0.0944. The van der Waals surface area contributed by atoms with Crippen LogP contribution in [0.15, 0.2) is 0 Å². The molecule has 6 nitrogen and oxygen atoms in total. The van der Waals surface area contributed by atoms with Crippen molar-refractivity contribution >= 4 is 12.0 Å². The fraction of sp³-hybridized carbons (Fsp3) is 0.867. The van der Waals surface area contributed by atoms with Gasteiger partial charge in [-0.15, -0.1) is 0 Å². The molecule has 1 aliphatic heterocycles. The smallest absolute Gasteiger partial charge is 0.326 e. The number of carboxylic acid groups (broad SMARTS) is 1. The average Bonchev–Trinajstić information content (AvgIpc) is 2.79. The molecule has 1 aliphatic rings. The second kappa shape index (κ2) is 8.87. The van der Waals surface area contributed by atoms with Crippen LogP contribution in [-0.4, -0.2) is 52.3 Å². The molecule has 21 heavy (non-hydrogen) atoms. The quantitative estimate of drug-likeness (QED) is 0.596. The molecule has 6 heteroatoms. The second-order valence-corrected chi connectivity index (χ2v) is 6.22. The maximum atomic E-state index is 11.9. The summed E-state index contributed by atoms with van der Waals surface area (Å²) in [6, 6.07) is -1.30. The number of rotatable bonds is 8. The molecule has 1 unspecified atom stereocenters. The maximum absolute atomic E-state index is 11.9. The van der Waals surface area contributed by atoms with E-state index < -0.39 is 18.1 Å². The van der Waals surface area contributed by atoms with Gasteiger partial charge in [-0.2, -0.15) is 0 Å². The normalized spacial score (nSPS) is 21.8. The Morgan fingerprint density at radius 1 is 1.24 bits per heavy atom. The summed E-state index contributed by atoms with van der Waals surface area (Å²) in [5.74, 6) is -0.324. The van der Waals surface area contributed by atoms with Crippen LogP contribution >= 0.6 is 0 Å². The van der Waals surface area contributed by atoms with Crippen molar-refractivity contribution < 1.29 is 19.8 Å². The van der Waals surface area contributed by atoms with Gasteiger partial charge in [0.1, 0.15) is 6.04 Å². The molecule has 122 valence electrons. The van der Waals surface area contributed by atoms with Crippen LogP contribution in [0.1, 0.15) is 52.4 Å². The van der Waals surface area contributed by atoms with Gasteiger partial charge in [0.15, 0.2) is 0 Å². The highest BCUT2D eigenvalue weighted by Gasteiger charge is 2.38. The van der Waals surface area contributed by atoms with Crippen molar-refractivity contribution in [3.63, 3.8) is 0 Å². The van der Waals surface area contributed by atoms with Gasteiger partial charge in [0.05, 0.1) is 6.10 Å². The number of carbonyl (C=O) groups excluding carboxylic acids is 1. The molecule has 3 N–H and O–H groups in total. The maximum Gasteiger partial charge on any atom is 0.326 e. The van der Waals surface area contributed by atoms with Crippen LogP contribution in [-0.2, 0) is 4.79 Å². The van der Waals surface area contributed by atoms with Crippen molar-refractivity contribution in [2.24, 2.45) is 5.92 Å². The SMILES string of the molecule is CC(C)CCCCCCNC(=O)N1CC(O)C[C@H]1C(=O)O. The van der Waals surface area contributed by atoms with E-state index in [0.717, 1.165) is 25.2 Å². The fourth-order valence-corrected chi connectivity index (χ4v) is 2.60. The second-order valence-electron chi connectivity index (χ2n) is 6.22. The molecule has 1 saturated heterocycles. The van der Waals surface area contributed by atoms with Gasteiger partial charge in [-0.05, 0) is 12.3 Å². The van der Waals surface area contributed by atoms with Crippen LogP contribution in [0.4, 0.5) is 4.79 Å². The van der Waals surface area contributed by atoms with Crippen LogP contribution < -0.4 is 5.32 Å². The van der Waals surface area contributed by atoms with Crippen LogP contribution in [0.5, 0.6) is 0 Å². The predicted octanol–water partition coefficient (Wildman–Crippen LogP) is 1.82. The van der Waals surface area contributed by atoms with Crippen LogP contribution in [0.2, 0.25) is 0 Å². The van der Waals surface area contributed by atoms with Gasteiger partial charge in [-0.1, -0.05) is 39.5 Å². The molecular formula is C15H28N2O4. The molecule has 1 rings (SSSR count). The van der Waals surface area contributed by atoms with E-state index in [-0.39, 0.29) is 19.0 Å². The Morgan fingerprint density at radius 2 is 1.90 bits per heavy atom. The summed E-state index contributed by atoms with van der Waals surface area (Å²) in [6.07, 6.45) is 4.94. The molecule has 0 aliphatic carbocycles. The van der Waals surface area contributed by atoms with E-state index in [9.17, 15) is 14.7 Å². The first-order valence-electron chi connectivity index (χ1n) is 7.87. The lowest BCUT2D eigenvalue weighted by molar-refractivity contribution is -0.141. The number of nitrogens with one attached hydrogen (secondary N) is 1. The molecule has 1 heterocycles. The van der Waals surface area contributed by atoms with Gasteiger partial charge in [0.25, 0.3) is 0 Å². The largest absolute Gasteiger partial charge is 0.480 e. The van der Waals surface area contributed by atoms with Gasteiger partial charge < -0.3 is 20.4 Å². The van der Waals surface area contributed by atoms with E-state index in [1.165, 1.54) is 17.7 Å². The van der Waals surface area contributed by atoms with E-state index >= 15 is 0 Å². The number of nitrogens with zero attached hydrogens (tertiary/aromatic N) is 1. The lowest BCUT2D eigenvalue weighted by Crippen LogP contribution is -2.46. The van der Waals surface area contributed by atoms with Gasteiger partial charge in [0, 0.05) is 19.5 Å². The van der Waals surface area contributed by atoms with Crippen molar-refractivity contribution in [1.29, 1.82) is 0 Å². The number of aliphatic hydroxyl groups excluding tert-OH is 1. The average molecular weight is 300 g/mol. The summed E-state index contributed by atoms with van der Waals surface area (Å²) < 4.78 is 0. The highest BCUT2D eigenvalue weighted by atomic mass is 16.4. The number of hydrogen-bond acceptors (Lipinski definition) is 3. The van der Waals surface area contributed by atoms with E-state index in [4.69, 9.17) is 5.11 Å². The number of likely N-dealkylation sites (tertiary alicyclic amines) is 1. The highest BCUT2D eigenvalue weighted by Crippen LogP contribution is 2.18. The van der Waals surface area contributed by atoms with E-state index in [1.807, 2.05) is 0 Å². The summed E-state index contributed by atoms with van der Waals surface area (Å²) in [5, 5.41) is 21.3. The third kappa shape index (κ3) is 6.33. The lowest BCUT2D eigenvalue weighted by atomic mass is 10.0. The number of aliphatic carboxylic acids is 1. The minimum Gasteiger partial charge on any atom is -0.480 e. The molecule has 1 fully saturated rings. The minimum atomic E-state index is -1.06. The van der Waals surface area contributed by atoms with Crippen LogP contribution in [0, 0.1) is 5.92 Å². The molecule has 0 aromatic heterocycles. The first kappa shape index (κ1) is 17.8. The Kier molecular flexibility index (Phi) is 7.50. The Morgan fingerprint density at radius 3 is 2.52 bits per heavy atom. The molecule has 0 aromatic carbocycles. The Balaban J connectivity index is 2.17. The first-order chi connectivity index (χ1) is 9.91. The zero-order chi connectivity index (χ0) is 15.8. The Labute approximate surface area is 126 Å². The highest BCUT2D eigenvalue weighted by molar-refractivity contribution is 5.83. The summed E-state index contributed by atoms with van der Waals surface area (Å²) >= 11 is 0. The predicted molar refractivity (Wildman–Crippen MR) is 80.1 cm³/mol. The zero-order valence-corrected chi connectivity index (χ0v) is 13.0. The third-order valence-corrected chi connectivity index (χ3v) is 3.81.